The molecule has 3 fully saturated rings. The van der Waals surface area contributed by atoms with Gasteiger partial charge < -0.3 is 9.64 Å². The van der Waals surface area contributed by atoms with E-state index in [1.807, 2.05) is 6.07 Å². The Morgan fingerprint density at radius 3 is 2.64 bits per heavy atom. The molecule has 1 aliphatic carbocycles. The third-order valence-electron chi connectivity index (χ3n) is 4.93. The van der Waals surface area contributed by atoms with Crippen LogP contribution in [0.15, 0.2) is 12.4 Å². The van der Waals surface area contributed by atoms with Crippen LogP contribution in [0, 0.1) is 0 Å². The van der Waals surface area contributed by atoms with Crippen LogP contribution >= 0.6 is 0 Å². The minimum absolute atomic E-state index is 0.0894. The van der Waals surface area contributed by atoms with Gasteiger partial charge >= 0.3 is 0 Å². The van der Waals surface area contributed by atoms with Crippen LogP contribution in [0.25, 0.3) is 0 Å². The Hall–Kier alpha value is -1.41. The van der Waals surface area contributed by atoms with Gasteiger partial charge in [0.05, 0.1) is 12.4 Å². The molecule has 1 saturated carbocycles. The van der Waals surface area contributed by atoms with Gasteiger partial charge in [-0.2, -0.15) is 4.31 Å². The molecule has 0 bridgehead atoms. The van der Waals surface area contributed by atoms with Crippen molar-refractivity contribution in [1.29, 1.82) is 0 Å². The molecule has 7 nitrogen and oxygen atoms in total. The van der Waals surface area contributed by atoms with E-state index in [-0.39, 0.29) is 17.3 Å². The second-order valence-corrected chi connectivity index (χ2v) is 8.34. The molecule has 3 heterocycles. The van der Waals surface area contributed by atoms with E-state index in [4.69, 9.17) is 4.74 Å². The number of rotatable bonds is 4. The van der Waals surface area contributed by atoms with Crippen molar-refractivity contribution in [3.8, 4) is 5.88 Å². The van der Waals surface area contributed by atoms with Gasteiger partial charge in [-0.15, -0.1) is 0 Å². The van der Waals surface area contributed by atoms with E-state index in [2.05, 4.69) is 14.9 Å². The Morgan fingerprint density at radius 1 is 1.14 bits per heavy atom. The maximum Gasteiger partial charge on any atom is 0.218 e. The van der Waals surface area contributed by atoms with E-state index >= 15 is 0 Å². The van der Waals surface area contributed by atoms with Crippen LogP contribution in [0.1, 0.15) is 25.7 Å². The molecule has 0 spiro atoms. The first-order valence-electron chi connectivity index (χ1n) is 7.74. The molecule has 2 atom stereocenters. The topological polar surface area (TPSA) is 75.6 Å². The van der Waals surface area contributed by atoms with Crippen molar-refractivity contribution in [2.24, 2.45) is 0 Å². The molecule has 8 heteroatoms. The molecule has 0 amide bonds. The van der Waals surface area contributed by atoms with Crippen LogP contribution < -0.4 is 9.64 Å². The van der Waals surface area contributed by atoms with Crippen molar-refractivity contribution >= 4 is 15.8 Å². The quantitative estimate of drug-likeness (QED) is 0.809. The molecular formula is C14H20N4O3S. The zero-order chi connectivity index (χ0) is 15.3. The Kier molecular flexibility index (Phi) is 3.26. The highest BCUT2D eigenvalue weighted by molar-refractivity contribution is 7.90. The van der Waals surface area contributed by atoms with Crippen molar-refractivity contribution in [3.63, 3.8) is 0 Å². The molecule has 0 radical (unpaired) electrons. The van der Waals surface area contributed by atoms with Gasteiger partial charge in [0.2, 0.25) is 15.9 Å². The van der Waals surface area contributed by atoms with Crippen molar-refractivity contribution in [3.05, 3.63) is 12.4 Å². The van der Waals surface area contributed by atoms with Gasteiger partial charge in [-0.25, -0.2) is 18.4 Å². The largest absolute Gasteiger partial charge is 0.481 e. The summed E-state index contributed by atoms with van der Waals surface area (Å²) in [6, 6.07) is 2.13. The molecule has 4 rings (SSSR count). The van der Waals surface area contributed by atoms with Gasteiger partial charge in [0.25, 0.3) is 0 Å². The van der Waals surface area contributed by atoms with Gasteiger partial charge in [-0.3, -0.25) is 0 Å². The van der Waals surface area contributed by atoms with Gasteiger partial charge in [-0.05, 0) is 25.7 Å². The fraction of sp³-hybridized carbons (Fsp3) is 0.714. The first-order chi connectivity index (χ1) is 10.6. The van der Waals surface area contributed by atoms with Crippen molar-refractivity contribution in [2.45, 2.75) is 43.0 Å². The number of aromatic nitrogens is 2. The molecule has 1 aromatic heterocycles. The molecule has 0 N–H and O–H groups in total. The Labute approximate surface area is 130 Å². The highest BCUT2D eigenvalue weighted by Gasteiger charge is 2.51. The lowest BCUT2D eigenvalue weighted by atomic mass is 10.1. The lowest BCUT2D eigenvalue weighted by Crippen LogP contribution is -2.41. The molecular weight excluding hydrogens is 304 g/mol. The summed E-state index contributed by atoms with van der Waals surface area (Å²) in [6.07, 6.45) is 4.87. The minimum atomic E-state index is -3.09. The summed E-state index contributed by atoms with van der Waals surface area (Å²) in [5.74, 6) is 1.36. The lowest BCUT2D eigenvalue weighted by Gasteiger charge is -2.26. The lowest BCUT2D eigenvalue weighted by molar-refractivity contribution is 0.387. The normalized spacial score (nSPS) is 28.9. The summed E-state index contributed by atoms with van der Waals surface area (Å²) in [7, 11) is -1.51. The number of hydrogen-bond donors (Lipinski definition) is 0. The van der Waals surface area contributed by atoms with Gasteiger partial charge in [0.15, 0.2) is 0 Å². The van der Waals surface area contributed by atoms with Crippen molar-refractivity contribution in [1.82, 2.24) is 14.3 Å². The number of anilines is 1. The Balaban J connectivity index is 1.57. The van der Waals surface area contributed by atoms with E-state index in [0.717, 1.165) is 38.0 Å². The average Bonchev–Trinajstić information content (AvgIpc) is 3.18. The van der Waals surface area contributed by atoms with E-state index in [0.29, 0.717) is 12.4 Å². The van der Waals surface area contributed by atoms with E-state index in [9.17, 15) is 8.42 Å². The molecule has 3 aliphatic rings. The standard InChI is InChI=1S/C14H20N4O3S/c1-21-14-8-13(15-9-16-14)17-6-4-12-11(17)5-7-18(12)22(19,20)10-2-3-10/h8-12H,2-7H2,1H3/t11-,12+/m1/s1. The van der Waals surface area contributed by atoms with Crippen LogP contribution in [0.4, 0.5) is 5.82 Å². The molecule has 0 unspecified atom stereocenters. The summed E-state index contributed by atoms with van der Waals surface area (Å²) in [5, 5.41) is -0.126. The molecule has 120 valence electrons. The second kappa shape index (κ2) is 5.06. The molecule has 22 heavy (non-hydrogen) atoms. The van der Waals surface area contributed by atoms with Crippen LogP contribution in [0.2, 0.25) is 0 Å². The van der Waals surface area contributed by atoms with Gasteiger partial charge in [0.1, 0.15) is 12.1 Å². The predicted molar refractivity (Wildman–Crippen MR) is 81.4 cm³/mol. The zero-order valence-electron chi connectivity index (χ0n) is 12.6. The first-order valence-corrected chi connectivity index (χ1v) is 9.25. The summed E-state index contributed by atoms with van der Waals surface area (Å²) >= 11 is 0. The number of ether oxygens (including phenoxy) is 1. The summed E-state index contributed by atoms with van der Waals surface area (Å²) < 4.78 is 32.0. The van der Waals surface area contributed by atoms with Crippen LogP contribution in [0.3, 0.4) is 0 Å². The fourth-order valence-corrected chi connectivity index (χ4v) is 5.80. The SMILES string of the molecule is COc1cc(N2CC[C@H]3[C@H]2CCN3S(=O)(=O)C2CC2)ncn1. The maximum atomic E-state index is 12.5. The highest BCUT2D eigenvalue weighted by atomic mass is 32.2. The van der Waals surface area contributed by atoms with E-state index in [1.165, 1.54) is 6.33 Å². The molecule has 2 aliphatic heterocycles. The number of hydrogen-bond acceptors (Lipinski definition) is 6. The van der Waals surface area contributed by atoms with Gasteiger partial charge in [-0.1, -0.05) is 0 Å². The van der Waals surface area contributed by atoms with Crippen LogP contribution in [0.5, 0.6) is 5.88 Å². The van der Waals surface area contributed by atoms with Crippen LogP contribution in [-0.2, 0) is 10.0 Å². The number of fused-ring (bicyclic) bond motifs is 1. The molecule has 0 aromatic carbocycles. The number of nitrogens with zero attached hydrogens (tertiary/aromatic N) is 4. The van der Waals surface area contributed by atoms with E-state index in [1.54, 1.807) is 11.4 Å². The molecule has 2 saturated heterocycles. The first kappa shape index (κ1) is 14.2. The van der Waals surface area contributed by atoms with Crippen molar-refractivity contribution < 1.29 is 13.2 Å². The number of methoxy groups -OCH3 is 1. The van der Waals surface area contributed by atoms with Gasteiger partial charge in [0, 0.05) is 31.2 Å². The summed E-state index contributed by atoms with van der Waals surface area (Å²) in [5.41, 5.74) is 0. The third kappa shape index (κ3) is 2.16. The Bertz CT molecular complexity index is 676. The predicted octanol–water partition coefficient (Wildman–Crippen LogP) is 0.630. The Morgan fingerprint density at radius 2 is 1.91 bits per heavy atom. The monoisotopic (exact) mass is 324 g/mol. The summed E-state index contributed by atoms with van der Waals surface area (Å²) in [4.78, 5) is 10.6. The average molecular weight is 324 g/mol. The van der Waals surface area contributed by atoms with E-state index < -0.39 is 10.0 Å². The summed E-state index contributed by atoms with van der Waals surface area (Å²) in [6.45, 7) is 1.46. The van der Waals surface area contributed by atoms with Crippen LogP contribution in [-0.4, -0.2) is 60.2 Å². The fourth-order valence-electron chi connectivity index (χ4n) is 3.70. The van der Waals surface area contributed by atoms with Crippen molar-refractivity contribution in [2.75, 3.05) is 25.1 Å². The maximum absolute atomic E-state index is 12.5. The minimum Gasteiger partial charge on any atom is -0.481 e. The highest BCUT2D eigenvalue weighted by Crippen LogP contribution is 2.40. The molecule has 1 aromatic rings. The smallest absolute Gasteiger partial charge is 0.218 e. The zero-order valence-corrected chi connectivity index (χ0v) is 13.4. The number of sulfonamides is 1. The third-order valence-corrected chi connectivity index (χ3v) is 7.35. The second-order valence-electron chi connectivity index (χ2n) is 6.18.